The Hall–Kier alpha value is -1.96. The van der Waals surface area contributed by atoms with E-state index in [1.807, 2.05) is 65.1 Å². The summed E-state index contributed by atoms with van der Waals surface area (Å²) in [5, 5.41) is 1.56. The second-order valence-corrected chi connectivity index (χ2v) is 10.4. The van der Waals surface area contributed by atoms with Gasteiger partial charge in [-0.25, -0.2) is 0 Å². The van der Waals surface area contributed by atoms with Crippen molar-refractivity contribution in [3.05, 3.63) is 101 Å². The molecule has 0 N–H and O–H groups in total. The number of halogens is 3. The number of thiazole rings is 1. The fourth-order valence-electron chi connectivity index (χ4n) is 3.70. The van der Waals surface area contributed by atoms with E-state index in [9.17, 15) is 4.79 Å². The van der Waals surface area contributed by atoms with Crippen molar-refractivity contribution >= 4 is 79.2 Å². The zero-order chi connectivity index (χ0) is 21.7. The number of aromatic nitrogens is 2. The van der Waals surface area contributed by atoms with Crippen LogP contribution in [0, 0.1) is 3.95 Å². The first kappa shape index (κ1) is 20.9. The zero-order valence-corrected chi connectivity index (χ0v) is 20.5. The maximum atomic E-state index is 13.6. The minimum absolute atomic E-state index is 0.0651. The molecule has 0 bridgehead atoms. The highest BCUT2D eigenvalue weighted by Gasteiger charge is 2.19. The molecule has 3 nitrogen and oxygen atoms in total. The molecule has 0 atom stereocenters. The first-order valence-electron chi connectivity index (χ1n) is 9.31. The minimum Gasteiger partial charge on any atom is -0.288 e. The Morgan fingerprint density at radius 3 is 2.55 bits per heavy atom. The predicted octanol–water partition coefficient (Wildman–Crippen LogP) is 7.83. The lowest BCUT2D eigenvalue weighted by Gasteiger charge is -2.14. The molecule has 0 amide bonds. The van der Waals surface area contributed by atoms with Crippen molar-refractivity contribution in [2.24, 2.45) is 0 Å². The van der Waals surface area contributed by atoms with Gasteiger partial charge in [-0.05, 0) is 59.7 Å². The van der Waals surface area contributed by atoms with Gasteiger partial charge in [0.05, 0.1) is 32.4 Å². The van der Waals surface area contributed by atoms with Gasteiger partial charge in [-0.2, -0.15) is 0 Å². The van der Waals surface area contributed by atoms with Crippen LogP contribution in [0.1, 0.15) is 5.56 Å². The number of hydrogen-bond donors (Lipinski definition) is 0. The Balaban J connectivity index is 1.91. The topological polar surface area (TPSA) is 26.4 Å². The Labute approximate surface area is 205 Å². The van der Waals surface area contributed by atoms with Gasteiger partial charge >= 0.3 is 0 Å². The second kappa shape index (κ2) is 8.19. The molecule has 0 aliphatic carbocycles. The summed E-state index contributed by atoms with van der Waals surface area (Å²) in [6.07, 6.45) is 0. The lowest BCUT2D eigenvalue weighted by atomic mass is 10.1. The predicted molar refractivity (Wildman–Crippen MR) is 137 cm³/mol. The number of rotatable bonds is 3. The number of nitrogens with zero attached hydrogens (tertiary/aromatic N) is 2. The van der Waals surface area contributed by atoms with Gasteiger partial charge < -0.3 is 0 Å². The van der Waals surface area contributed by atoms with Gasteiger partial charge in [-0.15, -0.1) is 11.3 Å². The van der Waals surface area contributed by atoms with Gasteiger partial charge in [0.15, 0.2) is 3.95 Å². The average molecular weight is 548 g/mol. The van der Waals surface area contributed by atoms with Crippen LogP contribution in [0.25, 0.3) is 27.0 Å². The summed E-state index contributed by atoms with van der Waals surface area (Å²) in [5.74, 6) is 0. The van der Waals surface area contributed by atoms with Gasteiger partial charge in [0, 0.05) is 4.47 Å². The molecule has 2 aromatic heterocycles. The smallest absolute Gasteiger partial charge is 0.261 e. The molecule has 2 heterocycles. The van der Waals surface area contributed by atoms with Gasteiger partial charge in [0.25, 0.3) is 5.56 Å². The van der Waals surface area contributed by atoms with E-state index in [0.717, 1.165) is 31.6 Å². The minimum atomic E-state index is -0.0651. The zero-order valence-electron chi connectivity index (χ0n) is 15.8. The fourth-order valence-corrected chi connectivity index (χ4v) is 5.87. The van der Waals surface area contributed by atoms with E-state index in [4.69, 9.17) is 35.4 Å². The average Bonchev–Trinajstić information content (AvgIpc) is 3.10. The Morgan fingerprint density at radius 1 is 0.968 bits per heavy atom. The summed E-state index contributed by atoms with van der Waals surface area (Å²) in [5.41, 5.74) is 3.35. The molecule has 3 aromatic carbocycles. The Kier molecular flexibility index (Phi) is 5.52. The number of fused-ring (bicyclic) bond motifs is 3. The van der Waals surface area contributed by atoms with Gasteiger partial charge in [0.2, 0.25) is 0 Å². The van der Waals surface area contributed by atoms with Crippen LogP contribution in [0.15, 0.2) is 76.0 Å². The Morgan fingerprint density at radius 2 is 1.77 bits per heavy atom. The monoisotopic (exact) mass is 546 g/mol. The van der Waals surface area contributed by atoms with Gasteiger partial charge in [0.1, 0.15) is 5.65 Å². The van der Waals surface area contributed by atoms with E-state index in [-0.39, 0.29) is 5.56 Å². The molecular formula is C23H13BrCl2N2OS2. The van der Waals surface area contributed by atoms with E-state index in [1.165, 1.54) is 11.3 Å². The molecule has 5 rings (SSSR count). The largest absolute Gasteiger partial charge is 0.288 e. The first-order valence-corrected chi connectivity index (χ1v) is 12.1. The van der Waals surface area contributed by atoms with Crippen molar-refractivity contribution in [2.45, 2.75) is 6.54 Å². The highest BCUT2D eigenvalue weighted by Crippen LogP contribution is 2.36. The quantitative estimate of drug-likeness (QED) is 0.215. The lowest BCUT2D eigenvalue weighted by molar-refractivity contribution is 0.780. The maximum Gasteiger partial charge on any atom is 0.261 e. The van der Waals surface area contributed by atoms with Crippen LogP contribution in [0.2, 0.25) is 10.0 Å². The molecule has 0 fully saturated rings. The van der Waals surface area contributed by atoms with Crippen LogP contribution in [-0.4, -0.2) is 8.97 Å². The summed E-state index contributed by atoms with van der Waals surface area (Å²) < 4.78 is 5.39. The summed E-state index contributed by atoms with van der Waals surface area (Å²) in [4.78, 5) is 14.5. The van der Waals surface area contributed by atoms with Crippen LogP contribution in [-0.2, 0) is 6.54 Å². The van der Waals surface area contributed by atoms with Crippen molar-refractivity contribution in [1.29, 1.82) is 0 Å². The summed E-state index contributed by atoms with van der Waals surface area (Å²) in [7, 11) is 0. The highest BCUT2D eigenvalue weighted by atomic mass is 79.9. The van der Waals surface area contributed by atoms with E-state index < -0.39 is 0 Å². The number of hydrogen-bond acceptors (Lipinski definition) is 3. The van der Waals surface area contributed by atoms with Crippen molar-refractivity contribution in [1.82, 2.24) is 8.97 Å². The van der Waals surface area contributed by atoms with E-state index in [2.05, 4.69) is 15.9 Å². The molecule has 0 aliphatic rings. The van der Waals surface area contributed by atoms with Crippen molar-refractivity contribution in [2.75, 3.05) is 0 Å². The van der Waals surface area contributed by atoms with Crippen molar-refractivity contribution in [3.8, 4) is 10.4 Å². The molecule has 0 saturated carbocycles. The third-order valence-corrected chi connectivity index (χ3v) is 7.72. The molecule has 0 unspecified atom stereocenters. The molecule has 31 heavy (non-hydrogen) atoms. The summed E-state index contributed by atoms with van der Waals surface area (Å²) in [6, 6.07) is 21.0. The molecule has 0 radical (unpaired) electrons. The highest BCUT2D eigenvalue weighted by molar-refractivity contribution is 9.10. The fraction of sp³-hybridized carbons (Fsp3) is 0.0435. The third kappa shape index (κ3) is 3.66. The van der Waals surface area contributed by atoms with Crippen LogP contribution in [0.5, 0.6) is 0 Å². The standard InChI is InChI=1S/C23H13BrCl2N2OS2/c24-15-5-3-4-13(10-15)12-27-21-20(14-8-9-17(25)18(26)11-14)31-23(30)28(21)19-7-2-1-6-16(19)22(27)29/h1-11H,12H2. The van der Waals surface area contributed by atoms with Crippen LogP contribution in [0.3, 0.4) is 0 Å². The molecule has 0 spiro atoms. The number of benzene rings is 3. The SMILES string of the molecule is O=c1c2ccccc2n2c(=S)sc(-c3ccc(Cl)c(Cl)c3)c2n1Cc1cccc(Br)c1. The van der Waals surface area contributed by atoms with Gasteiger partial charge in [-0.3, -0.25) is 13.8 Å². The normalized spacial score (nSPS) is 11.5. The first-order chi connectivity index (χ1) is 14.9. The molecule has 0 aliphatic heterocycles. The molecule has 0 saturated heterocycles. The molecule has 154 valence electrons. The third-order valence-electron chi connectivity index (χ3n) is 5.07. The van der Waals surface area contributed by atoms with E-state index in [1.54, 1.807) is 10.6 Å². The van der Waals surface area contributed by atoms with Crippen LogP contribution in [0.4, 0.5) is 0 Å². The lowest BCUT2D eigenvalue weighted by Crippen LogP contribution is -2.23. The van der Waals surface area contributed by atoms with Crippen LogP contribution >= 0.6 is 62.7 Å². The van der Waals surface area contributed by atoms with Crippen molar-refractivity contribution in [3.63, 3.8) is 0 Å². The van der Waals surface area contributed by atoms with E-state index in [0.29, 0.717) is 25.9 Å². The second-order valence-electron chi connectivity index (χ2n) is 7.02. The molecular weight excluding hydrogens is 535 g/mol. The summed E-state index contributed by atoms with van der Waals surface area (Å²) in [6.45, 7) is 0.409. The number of para-hydroxylation sites is 1. The molecule has 5 aromatic rings. The maximum absolute atomic E-state index is 13.6. The molecule has 8 heteroatoms. The van der Waals surface area contributed by atoms with Gasteiger partial charge in [-0.1, -0.05) is 69.5 Å². The summed E-state index contributed by atoms with van der Waals surface area (Å²) >= 11 is 23.2. The van der Waals surface area contributed by atoms with Crippen LogP contribution < -0.4 is 5.56 Å². The van der Waals surface area contributed by atoms with Crippen molar-refractivity contribution < 1.29 is 0 Å². The Bertz CT molecular complexity index is 1600. The van der Waals surface area contributed by atoms with E-state index >= 15 is 0 Å².